The largest absolute Gasteiger partial charge is 0.497 e. The summed E-state index contributed by atoms with van der Waals surface area (Å²) in [5.74, 6) is 2.26. The zero-order valence-electron chi connectivity index (χ0n) is 19.3. The van der Waals surface area contributed by atoms with Gasteiger partial charge in [-0.25, -0.2) is 5.43 Å². The third-order valence-electron chi connectivity index (χ3n) is 5.08. The standard InChI is InChI=1S/C28H22Cl2N2O4/c1-34-22-11-13-24(14-12-22)36-27-5-3-2-4-21(27)17-31-32-28(33)20-7-9-23(10-8-20)35-18-19-6-15-25(29)26(30)16-19/h2-17H,18H2,1H3,(H,32,33)/b31-17+. The number of halogens is 2. The minimum Gasteiger partial charge on any atom is -0.497 e. The minimum absolute atomic E-state index is 0.324. The molecule has 0 saturated heterocycles. The number of nitrogens with one attached hydrogen (secondary N) is 1. The highest BCUT2D eigenvalue weighted by atomic mass is 35.5. The van der Waals surface area contributed by atoms with Gasteiger partial charge in [0.25, 0.3) is 5.91 Å². The molecule has 0 aliphatic carbocycles. The van der Waals surface area contributed by atoms with Crippen molar-refractivity contribution >= 4 is 35.3 Å². The van der Waals surface area contributed by atoms with Crippen molar-refractivity contribution in [2.24, 2.45) is 5.10 Å². The van der Waals surface area contributed by atoms with Gasteiger partial charge in [0.05, 0.1) is 23.4 Å². The number of hydrogen-bond acceptors (Lipinski definition) is 5. The molecular weight excluding hydrogens is 499 g/mol. The molecular formula is C28H22Cl2N2O4. The van der Waals surface area contributed by atoms with Gasteiger partial charge >= 0.3 is 0 Å². The van der Waals surface area contributed by atoms with Crippen LogP contribution in [0.4, 0.5) is 0 Å². The van der Waals surface area contributed by atoms with Crippen molar-refractivity contribution in [2.45, 2.75) is 6.61 Å². The second kappa shape index (κ2) is 12.1. The Labute approximate surface area is 219 Å². The molecule has 1 amide bonds. The summed E-state index contributed by atoms with van der Waals surface area (Å²) in [7, 11) is 1.61. The molecule has 0 bridgehead atoms. The Kier molecular flexibility index (Phi) is 8.44. The molecule has 0 aromatic heterocycles. The Hall–Kier alpha value is -4.00. The summed E-state index contributed by atoms with van der Waals surface area (Å²) in [5.41, 5.74) is 4.57. The molecule has 182 valence electrons. The lowest BCUT2D eigenvalue weighted by molar-refractivity contribution is 0.0955. The molecule has 4 aromatic rings. The van der Waals surface area contributed by atoms with Crippen LogP contribution in [0.25, 0.3) is 0 Å². The number of benzene rings is 4. The molecule has 0 saturated carbocycles. The number of carbonyl (C=O) groups excluding carboxylic acids is 1. The van der Waals surface area contributed by atoms with Crippen LogP contribution in [-0.4, -0.2) is 19.2 Å². The summed E-state index contributed by atoms with van der Waals surface area (Å²) in [4.78, 5) is 12.5. The normalized spacial score (nSPS) is 10.8. The highest BCUT2D eigenvalue weighted by molar-refractivity contribution is 6.42. The predicted molar refractivity (Wildman–Crippen MR) is 142 cm³/mol. The molecule has 36 heavy (non-hydrogen) atoms. The average molecular weight is 521 g/mol. The van der Waals surface area contributed by atoms with Gasteiger partial charge in [-0.05, 0) is 78.4 Å². The van der Waals surface area contributed by atoms with Crippen molar-refractivity contribution < 1.29 is 19.0 Å². The Morgan fingerprint density at radius 3 is 2.28 bits per heavy atom. The van der Waals surface area contributed by atoms with Crippen molar-refractivity contribution in [2.75, 3.05) is 7.11 Å². The maximum Gasteiger partial charge on any atom is 0.271 e. The lowest BCUT2D eigenvalue weighted by atomic mass is 10.2. The van der Waals surface area contributed by atoms with Gasteiger partial charge in [0.1, 0.15) is 29.6 Å². The van der Waals surface area contributed by atoms with Crippen LogP contribution in [0.15, 0.2) is 96.1 Å². The van der Waals surface area contributed by atoms with Crippen LogP contribution in [0.3, 0.4) is 0 Å². The molecule has 0 heterocycles. The summed E-state index contributed by atoms with van der Waals surface area (Å²) >= 11 is 12.0. The number of para-hydroxylation sites is 1. The predicted octanol–water partition coefficient (Wildman–Crippen LogP) is 7.14. The molecule has 0 atom stereocenters. The van der Waals surface area contributed by atoms with E-state index in [0.717, 1.165) is 11.3 Å². The first-order valence-electron chi connectivity index (χ1n) is 10.9. The molecule has 8 heteroatoms. The van der Waals surface area contributed by atoms with Gasteiger partial charge in [-0.15, -0.1) is 0 Å². The van der Waals surface area contributed by atoms with Crippen LogP contribution in [0.5, 0.6) is 23.0 Å². The summed E-state index contributed by atoms with van der Waals surface area (Å²) in [6.45, 7) is 0.324. The average Bonchev–Trinajstić information content (AvgIpc) is 2.91. The fraction of sp³-hybridized carbons (Fsp3) is 0.0714. The Balaban J connectivity index is 1.33. The van der Waals surface area contributed by atoms with Crippen molar-refractivity contribution in [1.82, 2.24) is 5.43 Å². The smallest absolute Gasteiger partial charge is 0.271 e. The number of amides is 1. The first-order chi connectivity index (χ1) is 17.5. The van der Waals surface area contributed by atoms with Gasteiger partial charge in [0.2, 0.25) is 0 Å². The first kappa shape index (κ1) is 25.1. The molecule has 0 fully saturated rings. The summed E-state index contributed by atoms with van der Waals surface area (Å²) in [6, 6.07) is 26.7. The molecule has 1 N–H and O–H groups in total. The van der Waals surface area contributed by atoms with E-state index in [1.54, 1.807) is 43.5 Å². The van der Waals surface area contributed by atoms with Gasteiger partial charge in [0, 0.05) is 11.1 Å². The van der Waals surface area contributed by atoms with Gasteiger partial charge in [-0.3, -0.25) is 4.79 Å². The van der Waals surface area contributed by atoms with Crippen LogP contribution in [0.1, 0.15) is 21.5 Å². The summed E-state index contributed by atoms with van der Waals surface area (Å²) in [5, 5.41) is 5.05. The van der Waals surface area contributed by atoms with E-state index in [9.17, 15) is 4.79 Å². The molecule has 6 nitrogen and oxygen atoms in total. The van der Waals surface area contributed by atoms with Crippen molar-refractivity contribution in [3.8, 4) is 23.0 Å². The van der Waals surface area contributed by atoms with E-state index in [-0.39, 0.29) is 5.91 Å². The monoisotopic (exact) mass is 520 g/mol. The third-order valence-corrected chi connectivity index (χ3v) is 5.82. The van der Waals surface area contributed by atoms with Crippen LogP contribution < -0.4 is 19.6 Å². The second-order valence-corrected chi connectivity index (χ2v) is 8.39. The second-order valence-electron chi connectivity index (χ2n) is 7.58. The number of ether oxygens (including phenoxy) is 3. The number of methoxy groups -OCH3 is 1. The van der Waals surface area contributed by atoms with Crippen molar-refractivity contribution in [1.29, 1.82) is 0 Å². The maximum absolute atomic E-state index is 12.5. The van der Waals surface area contributed by atoms with Gasteiger partial charge in [-0.1, -0.05) is 41.4 Å². The Morgan fingerprint density at radius 1 is 0.861 bits per heavy atom. The van der Waals surface area contributed by atoms with Gasteiger partial charge < -0.3 is 14.2 Å². The van der Waals surface area contributed by atoms with E-state index >= 15 is 0 Å². The molecule has 0 aliphatic heterocycles. The number of hydrogen-bond donors (Lipinski definition) is 1. The van der Waals surface area contributed by atoms with E-state index in [1.165, 1.54) is 6.21 Å². The maximum atomic E-state index is 12.5. The number of rotatable bonds is 9. The topological polar surface area (TPSA) is 69.2 Å². The van der Waals surface area contributed by atoms with Crippen LogP contribution in [-0.2, 0) is 6.61 Å². The minimum atomic E-state index is -0.351. The molecule has 0 aliphatic rings. The van der Waals surface area contributed by atoms with Crippen LogP contribution in [0, 0.1) is 0 Å². The summed E-state index contributed by atoms with van der Waals surface area (Å²) < 4.78 is 16.9. The zero-order valence-corrected chi connectivity index (χ0v) is 20.8. The van der Waals surface area contributed by atoms with E-state index in [0.29, 0.717) is 45.0 Å². The molecule has 0 radical (unpaired) electrons. The first-order valence-corrected chi connectivity index (χ1v) is 11.7. The van der Waals surface area contributed by atoms with Crippen molar-refractivity contribution in [3.63, 3.8) is 0 Å². The molecule has 0 spiro atoms. The molecule has 4 rings (SSSR count). The van der Waals surface area contributed by atoms with E-state index in [1.807, 2.05) is 54.6 Å². The number of carbonyl (C=O) groups is 1. The third kappa shape index (κ3) is 6.78. The summed E-state index contributed by atoms with van der Waals surface area (Å²) in [6.07, 6.45) is 1.53. The van der Waals surface area contributed by atoms with E-state index < -0.39 is 0 Å². The van der Waals surface area contributed by atoms with Crippen LogP contribution in [0.2, 0.25) is 10.0 Å². The van der Waals surface area contributed by atoms with E-state index in [4.69, 9.17) is 37.4 Å². The van der Waals surface area contributed by atoms with Crippen LogP contribution >= 0.6 is 23.2 Å². The SMILES string of the molecule is COc1ccc(Oc2ccccc2/C=N/NC(=O)c2ccc(OCc3ccc(Cl)c(Cl)c3)cc2)cc1. The molecule has 4 aromatic carbocycles. The zero-order chi connectivity index (χ0) is 25.3. The lowest BCUT2D eigenvalue weighted by Crippen LogP contribution is -2.17. The van der Waals surface area contributed by atoms with Crippen molar-refractivity contribution in [3.05, 3.63) is 118 Å². The van der Waals surface area contributed by atoms with Gasteiger partial charge in [-0.2, -0.15) is 5.10 Å². The van der Waals surface area contributed by atoms with Gasteiger partial charge in [0.15, 0.2) is 0 Å². The highest BCUT2D eigenvalue weighted by Gasteiger charge is 2.07. The number of nitrogens with zero attached hydrogens (tertiary/aromatic N) is 1. The highest BCUT2D eigenvalue weighted by Crippen LogP contribution is 2.26. The van der Waals surface area contributed by atoms with E-state index in [2.05, 4.69) is 10.5 Å². The molecule has 0 unspecified atom stereocenters. The fourth-order valence-electron chi connectivity index (χ4n) is 3.17. The lowest BCUT2D eigenvalue weighted by Gasteiger charge is -2.09. The number of hydrazone groups is 1. The Morgan fingerprint density at radius 2 is 1.56 bits per heavy atom. The fourth-order valence-corrected chi connectivity index (χ4v) is 3.50. The quantitative estimate of drug-likeness (QED) is 0.188. The Bertz CT molecular complexity index is 1360.